The zero-order valence-corrected chi connectivity index (χ0v) is 40.0. The zero-order chi connectivity index (χ0) is 43.1. The first kappa shape index (κ1) is 45.4. The van der Waals surface area contributed by atoms with E-state index in [1.54, 1.807) is 17.5 Å². The lowest BCUT2D eigenvalue weighted by Gasteiger charge is -2.54. The van der Waals surface area contributed by atoms with E-state index in [4.69, 9.17) is 18.3 Å². The number of hydrogen-bond acceptors (Lipinski definition) is 11. The quantitative estimate of drug-likeness (QED) is 0.0270. The van der Waals surface area contributed by atoms with E-state index in [0.29, 0.717) is 10.1 Å². The number of Topliss-reactive ketones (excluding diaryl/α,β-unsaturated/α-hetero) is 1. The summed E-state index contributed by atoms with van der Waals surface area (Å²) in [6.07, 6.45) is -0.558. The van der Waals surface area contributed by atoms with E-state index in [0.717, 1.165) is 21.5 Å². The minimum Gasteiger partial charge on any atom is -0.497 e. The fraction of sp³-hybridized carbons (Fsp3) is 0.333. The minimum atomic E-state index is -3.29. The van der Waals surface area contributed by atoms with Crippen LogP contribution in [-0.2, 0) is 34.6 Å². The van der Waals surface area contributed by atoms with Gasteiger partial charge >= 0.3 is 5.97 Å². The minimum absolute atomic E-state index is 0.0600. The van der Waals surface area contributed by atoms with Crippen molar-refractivity contribution in [3.05, 3.63) is 126 Å². The second kappa shape index (κ2) is 19.7. The predicted octanol–water partition coefficient (Wildman–Crippen LogP) is 7.61. The fourth-order valence-electron chi connectivity index (χ4n) is 7.61. The molecule has 0 spiro atoms. The van der Waals surface area contributed by atoms with Crippen molar-refractivity contribution in [2.75, 3.05) is 19.5 Å². The summed E-state index contributed by atoms with van der Waals surface area (Å²) in [5.74, 6) is -1.87. The number of carbonyl (C=O) groups is 3. The molecule has 1 amide bonds. The van der Waals surface area contributed by atoms with E-state index < -0.39 is 53.5 Å². The molecule has 2 heterocycles. The number of benzene rings is 4. The summed E-state index contributed by atoms with van der Waals surface area (Å²) in [5.41, 5.74) is 2.59. The standard InChI is InChI=1S/C45H54N3O7PS2Si2/c1-32(55-60(6,7)8)40-41(38(29-54-59(3,4)5)39(49)30-57-45-47-46-31-58-45)48(42(40)50)43(44(51)53-28-33-24-26-34(52-2)27-25-33)56(35-18-12-9-13-19-35,36-20-14-10-15-21-36)37-22-16-11-17-23-37/h9-27,31-32,38,40-41H,28-30H2,1-8H3/t32-,38-,40-,41-/m1/s1. The number of nitrogens with zero attached hydrogens (tertiary/aromatic N) is 3. The molecule has 0 saturated carbocycles. The highest BCUT2D eigenvalue weighted by atomic mass is 32.2. The molecule has 10 nitrogen and oxygen atoms in total. The number of methoxy groups -OCH3 is 1. The van der Waals surface area contributed by atoms with Crippen LogP contribution in [0, 0.1) is 11.8 Å². The van der Waals surface area contributed by atoms with E-state index in [9.17, 15) is 4.79 Å². The highest BCUT2D eigenvalue weighted by Crippen LogP contribution is 2.51. The van der Waals surface area contributed by atoms with Crippen LogP contribution in [0.25, 0.3) is 0 Å². The normalized spacial score (nSPS) is 16.7. The molecule has 4 atom stereocenters. The summed E-state index contributed by atoms with van der Waals surface area (Å²) in [5, 5.41) is 10.7. The summed E-state index contributed by atoms with van der Waals surface area (Å²) in [6.45, 7) is 11.1. The Balaban J connectivity index is 1.66. The van der Waals surface area contributed by atoms with Gasteiger partial charge in [-0.25, -0.2) is 4.79 Å². The summed E-state index contributed by atoms with van der Waals surface area (Å²) in [4.78, 5) is 47.6. The second-order valence-corrected chi connectivity index (χ2v) is 30.9. The number of ether oxygens (including phenoxy) is 2. The van der Waals surface area contributed by atoms with Crippen LogP contribution in [0.1, 0.15) is 12.5 Å². The average Bonchev–Trinajstić information content (AvgIpc) is 3.76. The number of esters is 1. The molecule has 1 aliphatic rings. The van der Waals surface area contributed by atoms with Crippen LogP contribution in [0.2, 0.25) is 39.3 Å². The van der Waals surface area contributed by atoms with E-state index in [1.807, 2.05) is 122 Å². The maximum absolute atomic E-state index is 15.6. The van der Waals surface area contributed by atoms with Crippen LogP contribution in [0.4, 0.5) is 0 Å². The van der Waals surface area contributed by atoms with Crippen molar-refractivity contribution < 1.29 is 32.7 Å². The van der Waals surface area contributed by atoms with Crippen LogP contribution < -0.4 is 20.7 Å². The average molecular weight is 900 g/mol. The molecule has 0 unspecified atom stereocenters. The highest BCUT2D eigenvalue weighted by molar-refractivity contribution is 8.01. The van der Waals surface area contributed by atoms with Crippen molar-refractivity contribution in [1.29, 1.82) is 0 Å². The van der Waals surface area contributed by atoms with E-state index in [-0.39, 0.29) is 36.1 Å². The molecule has 5 aromatic rings. The van der Waals surface area contributed by atoms with Gasteiger partial charge in [-0.1, -0.05) is 126 Å². The van der Waals surface area contributed by atoms with Crippen molar-refractivity contribution in [3.63, 3.8) is 0 Å². The van der Waals surface area contributed by atoms with Gasteiger partial charge in [0.2, 0.25) is 5.91 Å². The van der Waals surface area contributed by atoms with E-state index in [1.165, 1.54) is 23.1 Å². The van der Waals surface area contributed by atoms with E-state index in [2.05, 4.69) is 49.5 Å². The molecule has 1 fully saturated rings. The lowest BCUT2D eigenvalue weighted by molar-refractivity contribution is -0.162. The van der Waals surface area contributed by atoms with Gasteiger partial charge < -0.3 is 23.2 Å². The number of rotatable bonds is 19. The molecule has 1 saturated heterocycles. The molecule has 60 heavy (non-hydrogen) atoms. The molecule has 0 radical (unpaired) electrons. The van der Waals surface area contributed by atoms with Gasteiger partial charge in [0.25, 0.3) is 0 Å². The Hall–Kier alpha value is -4.15. The predicted molar refractivity (Wildman–Crippen MR) is 249 cm³/mol. The Morgan fingerprint density at radius 2 is 1.37 bits per heavy atom. The molecular formula is C45H54N3O7PS2Si2. The van der Waals surface area contributed by atoms with Gasteiger partial charge in [-0.3, -0.25) is 9.59 Å². The third-order valence-electron chi connectivity index (χ3n) is 10.1. The van der Waals surface area contributed by atoms with Gasteiger partial charge in [-0.2, -0.15) is 0 Å². The highest BCUT2D eigenvalue weighted by Gasteiger charge is 2.60. The van der Waals surface area contributed by atoms with Crippen molar-refractivity contribution in [3.8, 4) is 5.75 Å². The van der Waals surface area contributed by atoms with Crippen LogP contribution in [-0.4, -0.2) is 86.4 Å². The first-order valence-corrected chi connectivity index (χ1v) is 30.4. The molecule has 0 N–H and O–H groups in total. The number of carbonyl (C=O) groups excluding carboxylic acids is 3. The largest absolute Gasteiger partial charge is 0.497 e. The monoisotopic (exact) mass is 899 g/mol. The first-order chi connectivity index (χ1) is 28.6. The topological polar surface area (TPSA) is 117 Å². The van der Waals surface area contributed by atoms with Crippen LogP contribution >= 0.6 is 30.0 Å². The van der Waals surface area contributed by atoms with Gasteiger partial charge in [-0.15, -0.1) is 10.2 Å². The number of hydrogen-bond donors (Lipinski definition) is 0. The Bertz CT molecular complexity index is 2170. The van der Waals surface area contributed by atoms with Crippen molar-refractivity contribution >= 4 is 85.6 Å². The van der Waals surface area contributed by atoms with Gasteiger partial charge in [0.05, 0.1) is 36.8 Å². The number of ketones is 1. The van der Waals surface area contributed by atoms with Crippen molar-refractivity contribution in [2.45, 2.75) is 69.3 Å². The Kier molecular flexibility index (Phi) is 14.9. The van der Waals surface area contributed by atoms with Crippen LogP contribution in [0.15, 0.2) is 125 Å². The summed E-state index contributed by atoms with van der Waals surface area (Å²) in [6, 6.07) is 36.2. The third-order valence-corrected chi connectivity index (χ3v) is 18.4. The summed E-state index contributed by atoms with van der Waals surface area (Å²) >= 11 is 2.67. The number of likely N-dealkylation sites (tertiary alicyclic amines) is 1. The van der Waals surface area contributed by atoms with Crippen LogP contribution in [0.5, 0.6) is 5.75 Å². The molecule has 15 heteroatoms. The smallest absolute Gasteiger partial charge is 0.356 e. The van der Waals surface area contributed by atoms with Crippen molar-refractivity contribution in [2.24, 2.45) is 11.8 Å². The fourth-order valence-corrected chi connectivity index (χ4v) is 15.4. The van der Waals surface area contributed by atoms with Gasteiger partial charge in [0.1, 0.15) is 23.3 Å². The lowest BCUT2D eigenvalue weighted by Crippen LogP contribution is -2.72. The SMILES string of the molecule is COc1ccc(COC(=O)C(N2C(=O)[C@H]([C@@H](C)O[Si](C)(C)C)[C@H]2[C@H](CO[Si](C)(C)C)C(=O)CSc2nncs2)=P(c2ccccc2)(c2ccccc2)c2ccccc2)cc1. The molecule has 316 valence electrons. The third kappa shape index (κ3) is 10.5. The summed E-state index contributed by atoms with van der Waals surface area (Å²) in [7, 11) is -2.82. The Morgan fingerprint density at radius 3 is 1.83 bits per heavy atom. The molecule has 4 aromatic carbocycles. The summed E-state index contributed by atoms with van der Waals surface area (Å²) < 4.78 is 25.7. The first-order valence-electron chi connectivity index (χ1n) is 19.9. The Labute approximate surface area is 364 Å². The number of β-lactam (4-membered cyclic amide) rings is 1. The molecule has 0 bridgehead atoms. The van der Waals surface area contributed by atoms with Crippen LogP contribution in [0.3, 0.4) is 0 Å². The zero-order valence-electron chi connectivity index (χ0n) is 35.4. The number of aromatic nitrogens is 2. The van der Waals surface area contributed by atoms with Gasteiger partial charge in [-0.05, 0) is 79.8 Å². The van der Waals surface area contributed by atoms with Gasteiger partial charge in [0.15, 0.2) is 26.8 Å². The van der Waals surface area contributed by atoms with E-state index >= 15 is 9.59 Å². The van der Waals surface area contributed by atoms with Gasteiger partial charge in [0, 0.05) is 13.5 Å². The maximum Gasteiger partial charge on any atom is 0.356 e. The maximum atomic E-state index is 15.6. The molecule has 0 aliphatic carbocycles. The lowest BCUT2D eigenvalue weighted by atomic mass is 9.74. The van der Waals surface area contributed by atoms with Crippen molar-refractivity contribution in [1.82, 2.24) is 15.1 Å². The molecular weight excluding hydrogens is 846 g/mol. The molecule has 1 aliphatic heterocycles. The molecule has 6 rings (SSSR count). The number of thioether (sulfide) groups is 1. The Morgan fingerprint density at radius 1 is 0.817 bits per heavy atom. The number of amides is 1. The molecule has 1 aromatic heterocycles. The second-order valence-electron chi connectivity index (χ2n) is 16.6.